The molecule has 0 unspecified atom stereocenters. The summed E-state index contributed by atoms with van der Waals surface area (Å²) in [6, 6.07) is 5.17. The summed E-state index contributed by atoms with van der Waals surface area (Å²) < 4.78 is 10.4. The molecule has 0 radical (unpaired) electrons. The van der Waals surface area contributed by atoms with E-state index < -0.39 is 0 Å². The predicted octanol–water partition coefficient (Wildman–Crippen LogP) is 1.71. The lowest BCUT2D eigenvalue weighted by molar-refractivity contribution is 0.0900. The molecule has 5 heteroatoms. The number of methoxy groups -OCH3 is 2. The van der Waals surface area contributed by atoms with Crippen molar-refractivity contribution < 1.29 is 14.3 Å². The van der Waals surface area contributed by atoms with Crippen molar-refractivity contribution in [3.8, 4) is 11.5 Å². The van der Waals surface area contributed by atoms with Gasteiger partial charge >= 0.3 is 0 Å². The van der Waals surface area contributed by atoms with Gasteiger partial charge in [0.05, 0.1) is 25.3 Å². The van der Waals surface area contributed by atoms with Crippen LogP contribution >= 0.6 is 0 Å². The molecule has 3 N–H and O–H groups in total. The van der Waals surface area contributed by atoms with Gasteiger partial charge in [0.15, 0.2) is 0 Å². The summed E-state index contributed by atoms with van der Waals surface area (Å²) in [6.07, 6.45) is 4.09. The summed E-state index contributed by atoms with van der Waals surface area (Å²) in [5, 5.41) is 3.09. The number of nitrogens with two attached hydrogens (primary N) is 1. The number of rotatable bonds is 5. The lowest BCUT2D eigenvalue weighted by Gasteiger charge is -2.29. The fourth-order valence-corrected chi connectivity index (χ4v) is 2.73. The fraction of sp³-hybridized carbons (Fsp3) is 0.533. The summed E-state index contributed by atoms with van der Waals surface area (Å²) in [6.45, 7) is 0.469. The molecule has 1 aromatic carbocycles. The zero-order chi connectivity index (χ0) is 14.6. The summed E-state index contributed by atoms with van der Waals surface area (Å²) in [4.78, 5) is 12.5. The van der Waals surface area contributed by atoms with Crippen LogP contribution in [0.4, 0.5) is 0 Å². The highest BCUT2D eigenvalue weighted by Gasteiger charge is 2.34. The number of benzene rings is 1. The van der Waals surface area contributed by atoms with E-state index in [4.69, 9.17) is 15.2 Å². The number of carbonyl (C=O) groups excluding carboxylic acids is 1. The Morgan fingerprint density at radius 1 is 1.30 bits per heavy atom. The average molecular weight is 278 g/mol. The fourth-order valence-electron chi connectivity index (χ4n) is 2.73. The monoisotopic (exact) mass is 278 g/mol. The Bertz CT molecular complexity index is 482. The highest BCUT2D eigenvalue weighted by atomic mass is 16.5. The first-order valence-corrected chi connectivity index (χ1v) is 6.89. The molecule has 20 heavy (non-hydrogen) atoms. The van der Waals surface area contributed by atoms with Gasteiger partial charge in [-0.15, -0.1) is 0 Å². The van der Waals surface area contributed by atoms with Gasteiger partial charge in [-0.2, -0.15) is 0 Å². The second kappa shape index (κ2) is 6.13. The maximum Gasteiger partial charge on any atom is 0.255 e. The third-order valence-electron chi connectivity index (χ3n) is 3.98. The molecule has 1 aliphatic rings. The minimum atomic E-state index is -0.262. The molecule has 1 fully saturated rings. The highest BCUT2D eigenvalue weighted by molar-refractivity contribution is 5.97. The van der Waals surface area contributed by atoms with Crippen molar-refractivity contribution in [2.45, 2.75) is 31.2 Å². The van der Waals surface area contributed by atoms with Crippen molar-refractivity contribution >= 4 is 5.91 Å². The van der Waals surface area contributed by atoms with Crippen molar-refractivity contribution in [1.29, 1.82) is 0 Å². The molecule has 0 atom stereocenters. The lowest BCUT2D eigenvalue weighted by Crippen LogP contribution is -2.51. The molecule has 2 rings (SSSR count). The number of carbonyl (C=O) groups is 1. The molecule has 1 aliphatic carbocycles. The summed E-state index contributed by atoms with van der Waals surface area (Å²) >= 11 is 0. The van der Waals surface area contributed by atoms with Crippen LogP contribution in [0.25, 0.3) is 0 Å². The SMILES string of the molecule is COc1ccc(C(=O)NC2(CN)CCCC2)c(OC)c1. The van der Waals surface area contributed by atoms with Crippen LogP contribution in [0.15, 0.2) is 18.2 Å². The van der Waals surface area contributed by atoms with E-state index in [0.29, 0.717) is 23.6 Å². The second-order valence-electron chi connectivity index (χ2n) is 5.21. The topological polar surface area (TPSA) is 73.6 Å². The van der Waals surface area contributed by atoms with Crippen LogP contribution in [0.2, 0.25) is 0 Å². The Labute approximate surface area is 119 Å². The third kappa shape index (κ3) is 2.88. The molecule has 0 aliphatic heterocycles. The van der Waals surface area contributed by atoms with Gasteiger partial charge in [-0.05, 0) is 25.0 Å². The molecule has 110 valence electrons. The van der Waals surface area contributed by atoms with Gasteiger partial charge in [0.1, 0.15) is 11.5 Å². The summed E-state index contributed by atoms with van der Waals surface area (Å²) in [5.74, 6) is 1.02. The minimum absolute atomic E-state index is 0.142. The zero-order valence-electron chi connectivity index (χ0n) is 12.1. The highest BCUT2D eigenvalue weighted by Crippen LogP contribution is 2.30. The molecular formula is C15H22N2O3. The first-order valence-electron chi connectivity index (χ1n) is 6.89. The van der Waals surface area contributed by atoms with E-state index in [2.05, 4.69) is 5.32 Å². The van der Waals surface area contributed by atoms with Gasteiger partial charge in [-0.1, -0.05) is 12.8 Å². The molecule has 0 saturated heterocycles. The molecular weight excluding hydrogens is 256 g/mol. The van der Waals surface area contributed by atoms with E-state index in [1.807, 2.05) is 0 Å². The van der Waals surface area contributed by atoms with Gasteiger partial charge in [-0.25, -0.2) is 0 Å². The number of hydrogen-bond donors (Lipinski definition) is 2. The zero-order valence-corrected chi connectivity index (χ0v) is 12.1. The lowest BCUT2D eigenvalue weighted by atomic mass is 9.97. The van der Waals surface area contributed by atoms with Crippen LogP contribution < -0.4 is 20.5 Å². The molecule has 0 spiro atoms. The quantitative estimate of drug-likeness (QED) is 0.860. The second-order valence-corrected chi connectivity index (χ2v) is 5.21. The Morgan fingerprint density at radius 2 is 2.00 bits per heavy atom. The van der Waals surface area contributed by atoms with Crippen molar-refractivity contribution in [2.75, 3.05) is 20.8 Å². The Kier molecular flexibility index (Phi) is 4.49. The normalized spacial score (nSPS) is 16.8. The van der Waals surface area contributed by atoms with Gasteiger partial charge in [0.25, 0.3) is 5.91 Å². The van der Waals surface area contributed by atoms with E-state index >= 15 is 0 Å². The van der Waals surface area contributed by atoms with Crippen LogP contribution in [0.5, 0.6) is 11.5 Å². The number of ether oxygens (including phenoxy) is 2. The number of hydrogen-bond acceptors (Lipinski definition) is 4. The number of amides is 1. The van der Waals surface area contributed by atoms with Crippen molar-refractivity contribution in [2.24, 2.45) is 5.73 Å². The van der Waals surface area contributed by atoms with Gasteiger partial charge < -0.3 is 20.5 Å². The standard InChI is InChI=1S/C15H22N2O3/c1-19-11-5-6-12(13(9-11)20-2)14(18)17-15(10-16)7-3-4-8-15/h5-6,9H,3-4,7-8,10,16H2,1-2H3,(H,17,18). The first-order chi connectivity index (χ1) is 9.64. The Hall–Kier alpha value is -1.75. The Balaban J connectivity index is 2.20. The van der Waals surface area contributed by atoms with Crippen LogP contribution in [-0.4, -0.2) is 32.2 Å². The number of nitrogens with one attached hydrogen (secondary N) is 1. The average Bonchev–Trinajstić information content (AvgIpc) is 2.95. The maximum absolute atomic E-state index is 12.5. The van der Waals surface area contributed by atoms with Gasteiger partial charge in [0.2, 0.25) is 0 Å². The molecule has 1 aromatic rings. The minimum Gasteiger partial charge on any atom is -0.497 e. The summed E-state index contributed by atoms with van der Waals surface area (Å²) in [5.41, 5.74) is 6.09. The largest absolute Gasteiger partial charge is 0.497 e. The molecule has 1 saturated carbocycles. The van der Waals surface area contributed by atoms with Crippen molar-refractivity contribution in [3.63, 3.8) is 0 Å². The smallest absolute Gasteiger partial charge is 0.255 e. The van der Waals surface area contributed by atoms with Gasteiger partial charge in [0, 0.05) is 12.6 Å². The third-order valence-corrected chi connectivity index (χ3v) is 3.98. The van der Waals surface area contributed by atoms with Crippen LogP contribution in [-0.2, 0) is 0 Å². The summed E-state index contributed by atoms with van der Waals surface area (Å²) in [7, 11) is 3.12. The van der Waals surface area contributed by atoms with E-state index in [1.165, 1.54) is 0 Å². The van der Waals surface area contributed by atoms with E-state index in [-0.39, 0.29) is 11.4 Å². The van der Waals surface area contributed by atoms with Crippen LogP contribution in [0, 0.1) is 0 Å². The predicted molar refractivity (Wildman–Crippen MR) is 77.3 cm³/mol. The van der Waals surface area contributed by atoms with Crippen LogP contribution in [0.3, 0.4) is 0 Å². The van der Waals surface area contributed by atoms with Gasteiger partial charge in [-0.3, -0.25) is 4.79 Å². The Morgan fingerprint density at radius 3 is 2.55 bits per heavy atom. The van der Waals surface area contributed by atoms with E-state index in [9.17, 15) is 4.79 Å². The maximum atomic E-state index is 12.5. The van der Waals surface area contributed by atoms with Crippen molar-refractivity contribution in [1.82, 2.24) is 5.32 Å². The van der Waals surface area contributed by atoms with E-state index in [1.54, 1.807) is 32.4 Å². The van der Waals surface area contributed by atoms with E-state index in [0.717, 1.165) is 25.7 Å². The van der Waals surface area contributed by atoms with Crippen LogP contribution in [0.1, 0.15) is 36.0 Å². The molecule has 0 aromatic heterocycles. The molecule has 0 bridgehead atoms. The molecule has 0 heterocycles. The first kappa shape index (κ1) is 14.7. The molecule has 1 amide bonds. The molecule has 5 nitrogen and oxygen atoms in total. The van der Waals surface area contributed by atoms with Crippen molar-refractivity contribution in [3.05, 3.63) is 23.8 Å².